The van der Waals surface area contributed by atoms with Gasteiger partial charge in [-0.2, -0.15) is 0 Å². The molecule has 0 nitrogen and oxygen atoms in total. The normalized spacial score (nSPS) is 32.4. The number of unbranched alkanes of at least 4 members (excludes halogenated alkanes) is 3. The monoisotopic (exact) mass is 322 g/mol. The summed E-state index contributed by atoms with van der Waals surface area (Å²) in [5.74, 6) is 3.93. The molecular weight excluding hydrogens is 283 g/mol. The third kappa shape index (κ3) is 6.98. The number of alkyl halides is 1. The van der Waals surface area contributed by atoms with Crippen molar-refractivity contribution < 1.29 is 4.39 Å². The fraction of sp³-hybridized carbons (Fsp3) is 0.909. The third-order valence-corrected chi connectivity index (χ3v) is 6.64. The fourth-order valence-electron chi connectivity index (χ4n) is 5.06. The van der Waals surface area contributed by atoms with Crippen molar-refractivity contribution in [2.45, 2.75) is 96.8 Å². The molecule has 0 saturated heterocycles. The predicted molar refractivity (Wildman–Crippen MR) is 99.4 cm³/mol. The first-order valence-electron chi connectivity index (χ1n) is 10.5. The topological polar surface area (TPSA) is 0 Å². The van der Waals surface area contributed by atoms with Crippen LogP contribution in [0.25, 0.3) is 0 Å². The van der Waals surface area contributed by atoms with Crippen molar-refractivity contribution in [1.82, 2.24) is 0 Å². The number of hydrogen-bond acceptors (Lipinski definition) is 0. The van der Waals surface area contributed by atoms with Gasteiger partial charge in [-0.3, -0.25) is 0 Å². The van der Waals surface area contributed by atoms with E-state index < -0.39 is 0 Å². The Hall–Kier alpha value is -0.330. The number of rotatable bonds is 9. The van der Waals surface area contributed by atoms with E-state index in [0.717, 1.165) is 30.1 Å². The average Bonchev–Trinajstić information content (AvgIpc) is 2.60. The highest BCUT2D eigenvalue weighted by molar-refractivity contribution is 4.87. The molecule has 1 heteroatoms. The molecule has 0 aromatic heterocycles. The van der Waals surface area contributed by atoms with Crippen LogP contribution in [0.4, 0.5) is 4.39 Å². The fourth-order valence-corrected chi connectivity index (χ4v) is 5.06. The zero-order valence-corrected chi connectivity index (χ0v) is 15.4. The largest absolute Gasteiger partial charge is 0.247 e. The maximum absolute atomic E-state index is 12.1. The molecule has 0 unspecified atom stereocenters. The van der Waals surface area contributed by atoms with Gasteiger partial charge in [-0.15, -0.1) is 0 Å². The molecule has 0 aliphatic heterocycles. The van der Waals surface area contributed by atoms with Crippen molar-refractivity contribution in [3.05, 3.63) is 12.2 Å². The second kappa shape index (κ2) is 11.3. The number of allylic oxidation sites excluding steroid dienone is 2. The second-order valence-corrected chi connectivity index (χ2v) is 8.27. The van der Waals surface area contributed by atoms with Crippen LogP contribution in [-0.4, -0.2) is 6.67 Å². The van der Waals surface area contributed by atoms with Gasteiger partial charge in [0.05, 0.1) is 0 Å². The highest BCUT2D eigenvalue weighted by Gasteiger charge is 2.30. The van der Waals surface area contributed by atoms with Crippen LogP contribution in [0.5, 0.6) is 0 Å². The standard InChI is InChI=1S/C22H39F/c1-2-3-4-5-8-19-10-14-21(15-11-19)22-16-12-20(13-17-22)9-6-7-18-23/h6-7,19-22H,2-5,8-18H2,1H3/b7-6+. The quantitative estimate of drug-likeness (QED) is 0.305. The van der Waals surface area contributed by atoms with Crippen molar-refractivity contribution >= 4 is 0 Å². The van der Waals surface area contributed by atoms with Crippen LogP contribution < -0.4 is 0 Å². The summed E-state index contributed by atoms with van der Waals surface area (Å²) in [7, 11) is 0. The van der Waals surface area contributed by atoms with Gasteiger partial charge in [0, 0.05) is 0 Å². The van der Waals surface area contributed by atoms with Crippen LogP contribution in [0.1, 0.15) is 96.8 Å². The van der Waals surface area contributed by atoms with Gasteiger partial charge in [0.15, 0.2) is 0 Å². The molecule has 0 spiro atoms. The molecule has 0 heterocycles. The van der Waals surface area contributed by atoms with E-state index in [0.29, 0.717) is 0 Å². The molecule has 0 aromatic carbocycles. The average molecular weight is 323 g/mol. The maximum Gasteiger partial charge on any atom is 0.108 e. The molecule has 2 saturated carbocycles. The smallest absolute Gasteiger partial charge is 0.108 e. The first kappa shape index (κ1) is 19.0. The zero-order valence-electron chi connectivity index (χ0n) is 15.4. The Balaban J connectivity index is 1.58. The van der Waals surface area contributed by atoms with Crippen LogP contribution in [-0.2, 0) is 0 Å². The Morgan fingerprint density at radius 2 is 1.35 bits per heavy atom. The molecule has 0 aromatic rings. The Bertz CT molecular complexity index is 306. The van der Waals surface area contributed by atoms with E-state index in [9.17, 15) is 4.39 Å². The van der Waals surface area contributed by atoms with Crippen LogP contribution in [0.15, 0.2) is 12.2 Å². The zero-order chi connectivity index (χ0) is 16.3. The van der Waals surface area contributed by atoms with E-state index in [1.54, 1.807) is 6.08 Å². The first-order chi connectivity index (χ1) is 11.3. The lowest BCUT2D eigenvalue weighted by Crippen LogP contribution is -2.25. The Labute approximate surface area is 144 Å². The minimum atomic E-state index is -0.295. The first-order valence-corrected chi connectivity index (χ1v) is 10.5. The minimum Gasteiger partial charge on any atom is -0.247 e. The molecular formula is C22H39F. The number of hydrogen-bond donors (Lipinski definition) is 0. The van der Waals surface area contributed by atoms with E-state index >= 15 is 0 Å². The van der Waals surface area contributed by atoms with Crippen LogP contribution >= 0.6 is 0 Å². The minimum absolute atomic E-state index is 0.295. The van der Waals surface area contributed by atoms with Crippen molar-refractivity contribution in [3.63, 3.8) is 0 Å². The van der Waals surface area contributed by atoms with Gasteiger partial charge in [0.2, 0.25) is 0 Å². The summed E-state index contributed by atoms with van der Waals surface area (Å²) in [5.41, 5.74) is 0. The Morgan fingerprint density at radius 1 is 0.739 bits per heavy atom. The second-order valence-electron chi connectivity index (χ2n) is 8.27. The van der Waals surface area contributed by atoms with E-state index in [2.05, 4.69) is 13.0 Å². The SMILES string of the molecule is CCCCCCC1CCC(C2CCC(C/C=C/CF)CC2)CC1. The highest BCUT2D eigenvalue weighted by atomic mass is 19.1. The van der Waals surface area contributed by atoms with E-state index in [4.69, 9.17) is 0 Å². The summed E-state index contributed by atoms with van der Waals surface area (Å²) in [6.07, 6.45) is 23.8. The maximum atomic E-state index is 12.1. The molecule has 0 bridgehead atoms. The lowest BCUT2D eigenvalue weighted by atomic mass is 9.68. The van der Waals surface area contributed by atoms with Gasteiger partial charge >= 0.3 is 0 Å². The summed E-state index contributed by atoms with van der Waals surface area (Å²) >= 11 is 0. The molecule has 2 aliphatic rings. The summed E-state index contributed by atoms with van der Waals surface area (Å²) in [6.45, 7) is 2.01. The van der Waals surface area contributed by atoms with Crippen molar-refractivity contribution in [3.8, 4) is 0 Å². The summed E-state index contributed by atoms with van der Waals surface area (Å²) in [4.78, 5) is 0. The highest BCUT2D eigenvalue weighted by Crippen LogP contribution is 2.42. The van der Waals surface area contributed by atoms with Gasteiger partial charge in [0.1, 0.15) is 6.67 Å². The summed E-state index contributed by atoms with van der Waals surface area (Å²) in [5, 5.41) is 0. The van der Waals surface area contributed by atoms with Gasteiger partial charge in [-0.25, -0.2) is 4.39 Å². The molecule has 2 fully saturated rings. The van der Waals surface area contributed by atoms with Crippen LogP contribution in [0, 0.1) is 23.7 Å². The lowest BCUT2D eigenvalue weighted by molar-refractivity contribution is 0.143. The molecule has 0 radical (unpaired) electrons. The van der Waals surface area contributed by atoms with Gasteiger partial charge in [-0.05, 0) is 68.6 Å². The molecule has 23 heavy (non-hydrogen) atoms. The predicted octanol–water partition coefficient (Wildman–Crippen LogP) is 7.49. The third-order valence-electron chi connectivity index (χ3n) is 6.64. The van der Waals surface area contributed by atoms with Crippen molar-refractivity contribution in [2.75, 3.05) is 6.67 Å². The van der Waals surface area contributed by atoms with Crippen LogP contribution in [0.3, 0.4) is 0 Å². The molecule has 0 amide bonds. The van der Waals surface area contributed by atoms with E-state index in [-0.39, 0.29) is 6.67 Å². The molecule has 2 aliphatic carbocycles. The van der Waals surface area contributed by atoms with Gasteiger partial charge < -0.3 is 0 Å². The van der Waals surface area contributed by atoms with E-state index in [1.807, 2.05) is 0 Å². The Kier molecular flexibility index (Phi) is 9.31. The summed E-state index contributed by atoms with van der Waals surface area (Å²) < 4.78 is 12.1. The van der Waals surface area contributed by atoms with Crippen molar-refractivity contribution in [2.24, 2.45) is 23.7 Å². The molecule has 0 N–H and O–H groups in total. The van der Waals surface area contributed by atoms with Gasteiger partial charge in [0.25, 0.3) is 0 Å². The summed E-state index contributed by atoms with van der Waals surface area (Å²) in [6, 6.07) is 0. The lowest BCUT2D eigenvalue weighted by Gasteiger charge is -2.37. The van der Waals surface area contributed by atoms with Crippen LogP contribution in [0.2, 0.25) is 0 Å². The molecule has 2 rings (SSSR count). The molecule has 0 atom stereocenters. The van der Waals surface area contributed by atoms with E-state index in [1.165, 1.54) is 83.5 Å². The molecule has 134 valence electrons. The van der Waals surface area contributed by atoms with Crippen molar-refractivity contribution in [1.29, 1.82) is 0 Å². The Morgan fingerprint density at radius 3 is 1.91 bits per heavy atom. The van der Waals surface area contributed by atoms with Gasteiger partial charge in [-0.1, -0.05) is 64.0 Å². The number of halogens is 1.